The van der Waals surface area contributed by atoms with Gasteiger partial charge in [0.2, 0.25) is 22.2 Å². The maximum absolute atomic E-state index is 13.0. The molecule has 2 fully saturated rings. The van der Waals surface area contributed by atoms with Crippen LogP contribution in [-0.4, -0.2) is 44.5 Å². The Morgan fingerprint density at radius 2 is 1.88 bits per heavy atom. The highest BCUT2D eigenvalue weighted by molar-refractivity contribution is 7.92. The smallest absolute Gasteiger partial charge is 0.304 e. The third kappa shape index (κ3) is 6.89. The summed E-state index contributed by atoms with van der Waals surface area (Å²) in [6.45, 7) is 1.20. The van der Waals surface area contributed by atoms with Crippen LogP contribution in [0, 0.1) is 5.92 Å². The second-order valence-electron chi connectivity index (χ2n) is 8.19. The number of benzene rings is 1. The fraction of sp³-hybridized carbons (Fsp3) is 0.500. The zero-order chi connectivity index (χ0) is 23.1. The SMILES string of the molecule is CC(=O)O[C@@H]1NC(=O)[C@H]1NC(=O)[C@H](CC1CCCCC1)NS(=O)(=O)C=Cc1ccccc1. The van der Waals surface area contributed by atoms with E-state index in [2.05, 4.69) is 15.4 Å². The fourth-order valence-electron chi connectivity index (χ4n) is 3.96. The van der Waals surface area contributed by atoms with Crippen molar-refractivity contribution in [2.45, 2.75) is 63.8 Å². The van der Waals surface area contributed by atoms with E-state index in [1.165, 1.54) is 13.0 Å². The number of ether oxygens (including phenoxy) is 1. The van der Waals surface area contributed by atoms with Crippen molar-refractivity contribution in [3.63, 3.8) is 0 Å². The lowest BCUT2D eigenvalue weighted by Gasteiger charge is -2.36. The molecule has 2 amide bonds. The maximum atomic E-state index is 13.0. The molecule has 32 heavy (non-hydrogen) atoms. The maximum Gasteiger partial charge on any atom is 0.304 e. The van der Waals surface area contributed by atoms with Gasteiger partial charge in [-0.1, -0.05) is 62.4 Å². The Hall–Kier alpha value is -2.72. The summed E-state index contributed by atoms with van der Waals surface area (Å²) in [6.07, 6.45) is 5.87. The molecule has 10 heteroatoms. The first kappa shape index (κ1) is 23.9. The monoisotopic (exact) mass is 463 g/mol. The van der Waals surface area contributed by atoms with Gasteiger partial charge in [-0.15, -0.1) is 0 Å². The van der Waals surface area contributed by atoms with Gasteiger partial charge in [0, 0.05) is 12.3 Å². The van der Waals surface area contributed by atoms with E-state index in [0.29, 0.717) is 12.0 Å². The van der Waals surface area contributed by atoms with E-state index in [-0.39, 0.29) is 5.92 Å². The van der Waals surface area contributed by atoms with Gasteiger partial charge in [-0.3, -0.25) is 14.4 Å². The van der Waals surface area contributed by atoms with E-state index in [4.69, 9.17) is 4.74 Å². The van der Waals surface area contributed by atoms with Gasteiger partial charge in [0.15, 0.2) is 6.04 Å². The van der Waals surface area contributed by atoms with Crippen LogP contribution in [0.15, 0.2) is 35.7 Å². The summed E-state index contributed by atoms with van der Waals surface area (Å²) < 4.78 is 32.8. The van der Waals surface area contributed by atoms with Gasteiger partial charge in [0.1, 0.15) is 6.04 Å². The predicted octanol–water partition coefficient (Wildman–Crippen LogP) is 1.42. The molecule has 9 nitrogen and oxygen atoms in total. The number of esters is 1. The highest BCUT2D eigenvalue weighted by atomic mass is 32.2. The first-order valence-electron chi connectivity index (χ1n) is 10.8. The molecule has 3 N–H and O–H groups in total. The minimum Gasteiger partial charge on any atom is -0.439 e. The molecule has 0 unspecified atom stereocenters. The molecular formula is C22H29N3O6S. The highest BCUT2D eigenvalue weighted by Crippen LogP contribution is 2.27. The van der Waals surface area contributed by atoms with Crippen molar-refractivity contribution in [2.24, 2.45) is 5.92 Å². The lowest BCUT2D eigenvalue weighted by atomic mass is 9.85. The first-order chi connectivity index (χ1) is 15.2. The molecule has 2 aliphatic rings. The Labute approximate surface area is 188 Å². The number of amides is 2. The number of nitrogens with one attached hydrogen (secondary N) is 3. The molecule has 174 valence electrons. The molecule has 0 bridgehead atoms. The van der Waals surface area contributed by atoms with Crippen molar-refractivity contribution in [2.75, 3.05) is 0 Å². The normalized spacial score (nSPS) is 22.6. The molecule has 1 saturated carbocycles. The number of hydrogen-bond donors (Lipinski definition) is 3. The summed E-state index contributed by atoms with van der Waals surface area (Å²) >= 11 is 0. The van der Waals surface area contributed by atoms with Crippen molar-refractivity contribution < 1.29 is 27.5 Å². The summed E-state index contributed by atoms with van der Waals surface area (Å²) in [7, 11) is -3.92. The molecule has 1 aliphatic carbocycles. The molecule has 1 saturated heterocycles. The van der Waals surface area contributed by atoms with Gasteiger partial charge in [0.05, 0.1) is 0 Å². The largest absolute Gasteiger partial charge is 0.439 e. The second-order valence-corrected chi connectivity index (χ2v) is 9.79. The van der Waals surface area contributed by atoms with Crippen LogP contribution in [-0.2, 0) is 29.1 Å². The van der Waals surface area contributed by atoms with E-state index in [1.54, 1.807) is 24.3 Å². The van der Waals surface area contributed by atoms with E-state index >= 15 is 0 Å². The second kappa shape index (κ2) is 10.7. The molecule has 3 atom stereocenters. The molecular weight excluding hydrogens is 434 g/mol. The molecule has 1 aliphatic heterocycles. The third-order valence-electron chi connectivity index (χ3n) is 5.62. The number of carbonyl (C=O) groups is 3. The van der Waals surface area contributed by atoms with Crippen molar-refractivity contribution in [1.29, 1.82) is 0 Å². The summed E-state index contributed by atoms with van der Waals surface area (Å²) in [5, 5.41) is 5.95. The van der Waals surface area contributed by atoms with Crippen LogP contribution in [0.2, 0.25) is 0 Å². The van der Waals surface area contributed by atoms with Gasteiger partial charge >= 0.3 is 5.97 Å². The summed E-state index contributed by atoms with van der Waals surface area (Å²) in [6, 6.07) is 6.85. The van der Waals surface area contributed by atoms with E-state index < -0.39 is 46.1 Å². The van der Waals surface area contributed by atoms with Gasteiger partial charge < -0.3 is 15.4 Å². The van der Waals surface area contributed by atoms with Crippen LogP contribution < -0.4 is 15.4 Å². The Morgan fingerprint density at radius 1 is 1.19 bits per heavy atom. The lowest BCUT2D eigenvalue weighted by molar-refractivity contribution is -0.164. The average Bonchev–Trinajstić information content (AvgIpc) is 2.76. The predicted molar refractivity (Wildman–Crippen MR) is 118 cm³/mol. The van der Waals surface area contributed by atoms with E-state index in [9.17, 15) is 22.8 Å². The summed E-state index contributed by atoms with van der Waals surface area (Å²) in [5.74, 6) is -1.50. The third-order valence-corrected chi connectivity index (χ3v) is 6.72. The van der Waals surface area contributed by atoms with Gasteiger partial charge in [-0.25, -0.2) is 8.42 Å². The van der Waals surface area contributed by atoms with Crippen LogP contribution in [0.3, 0.4) is 0 Å². The first-order valence-corrected chi connectivity index (χ1v) is 12.3. The lowest BCUT2D eigenvalue weighted by Crippen LogP contribution is -2.71. The van der Waals surface area contributed by atoms with Crippen molar-refractivity contribution >= 4 is 33.9 Å². The molecule has 0 radical (unpaired) electrons. The van der Waals surface area contributed by atoms with Gasteiger partial charge in [-0.05, 0) is 24.0 Å². The Morgan fingerprint density at radius 3 is 2.50 bits per heavy atom. The van der Waals surface area contributed by atoms with Gasteiger partial charge in [0.25, 0.3) is 5.91 Å². The number of rotatable bonds is 9. The van der Waals surface area contributed by atoms with Crippen LogP contribution in [0.5, 0.6) is 0 Å². The zero-order valence-corrected chi connectivity index (χ0v) is 18.8. The van der Waals surface area contributed by atoms with Crippen molar-refractivity contribution in [1.82, 2.24) is 15.4 Å². The van der Waals surface area contributed by atoms with Crippen molar-refractivity contribution in [3.8, 4) is 0 Å². The Kier molecular flexibility index (Phi) is 8.03. The van der Waals surface area contributed by atoms with Gasteiger partial charge in [-0.2, -0.15) is 4.72 Å². The average molecular weight is 464 g/mol. The summed E-state index contributed by atoms with van der Waals surface area (Å²) in [4.78, 5) is 36.0. The fourth-order valence-corrected chi connectivity index (χ4v) is 4.98. The Bertz CT molecular complexity index is 957. The topological polar surface area (TPSA) is 131 Å². The molecule has 3 rings (SSSR count). The van der Waals surface area contributed by atoms with E-state index in [1.807, 2.05) is 6.07 Å². The van der Waals surface area contributed by atoms with Crippen LogP contribution >= 0.6 is 0 Å². The summed E-state index contributed by atoms with van der Waals surface area (Å²) in [5.41, 5.74) is 0.710. The van der Waals surface area contributed by atoms with E-state index in [0.717, 1.165) is 37.5 Å². The number of hydrogen-bond acceptors (Lipinski definition) is 6. The van der Waals surface area contributed by atoms with Crippen LogP contribution in [0.25, 0.3) is 6.08 Å². The minimum absolute atomic E-state index is 0.208. The highest BCUT2D eigenvalue weighted by Gasteiger charge is 2.44. The number of sulfonamides is 1. The quantitative estimate of drug-likeness (QED) is 0.375. The standard InChI is InChI=1S/C22H29N3O6S/c1-15(26)31-22-19(21(28)24-22)23-20(27)18(14-17-10-6-3-7-11-17)25-32(29,30)13-12-16-8-4-2-5-9-16/h2,4-5,8-9,12-13,17-19,22,25H,3,6-7,10-11,14H2,1H3,(H,23,27)(H,24,28)/t18-,19+,22-/m0/s1. The molecule has 1 aromatic carbocycles. The molecule has 0 spiro atoms. The minimum atomic E-state index is -3.92. The number of β-lactam (4-membered cyclic amide) rings is 1. The van der Waals surface area contributed by atoms with Crippen LogP contribution in [0.4, 0.5) is 0 Å². The van der Waals surface area contributed by atoms with Crippen LogP contribution in [0.1, 0.15) is 51.0 Å². The molecule has 1 heterocycles. The van der Waals surface area contributed by atoms with Crippen molar-refractivity contribution in [3.05, 3.63) is 41.3 Å². The Balaban J connectivity index is 1.70. The number of carbonyl (C=O) groups excluding carboxylic acids is 3. The molecule has 0 aromatic heterocycles. The molecule has 1 aromatic rings. The zero-order valence-electron chi connectivity index (χ0n) is 18.0.